The van der Waals surface area contributed by atoms with Crippen LogP contribution < -0.4 is 5.32 Å². The molecule has 0 aliphatic rings. The fourth-order valence-electron chi connectivity index (χ4n) is 2.33. The zero-order chi connectivity index (χ0) is 19.4. The number of aryl methyl sites for hydroxylation is 1. The van der Waals surface area contributed by atoms with Crippen LogP contribution in [0.25, 0.3) is 0 Å². The van der Waals surface area contributed by atoms with Crippen molar-refractivity contribution in [1.29, 1.82) is 0 Å². The van der Waals surface area contributed by atoms with E-state index >= 15 is 0 Å². The molecule has 5 nitrogen and oxygen atoms in total. The van der Waals surface area contributed by atoms with Gasteiger partial charge in [-0.15, -0.1) is 0 Å². The Bertz CT molecular complexity index is 624. The summed E-state index contributed by atoms with van der Waals surface area (Å²) in [5, 5.41) is 2.45. The molecule has 0 fully saturated rings. The lowest BCUT2D eigenvalue weighted by molar-refractivity contribution is -0.151. The third-order valence-electron chi connectivity index (χ3n) is 3.82. The second kappa shape index (κ2) is 8.32. The fraction of sp³-hybridized carbons (Fsp3) is 0.579. The van der Waals surface area contributed by atoms with Gasteiger partial charge in [0.25, 0.3) is 0 Å². The summed E-state index contributed by atoms with van der Waals surface area (Å²) in [4.78, 5) is 23.9. The second-order valence-electron chi connectivity index (χ2n) is 7.30. The number of hydrogen-bond acceptors (Lipinski definition) is 4. The van der Waals surface area contributed by atoms with E-state index in [1.807, 2.05) is 13.8 Å². The summed E-state index contributed by atoms with van der Waals surface area (Å²) in [5.41, 5.74) is 1.07. The summed E-state index contributed by atoms with van der Waals surface area (Å²) in [6.45, 7) is 12.2. The highest BCUT2D eigenvalue weighted by Crippen LogP contribution is 2.25. The van der Waals surface area contributed by atoms with Crippen molar-refractivity contribution in [3.8, 4) is 0 Å². The van der Waals surface area contributed by atoms with E-state index in [0.717, 1.165) is 11.1 Å². The zero-order valence-electron chi connectivity index (χ0n) is 16.0. The Kier molecular flexibility index (Phi) is 6.96. The predicted octanol–water partition coefficient (Wildman–Crippen LogP) is 4.08. The lowest BCUT2D eigenvalue weighted by Crippen LogP contribution is -2.43. The molecule has 0 aromatic heterocycles. The Morgan fingerprint density at radius 3 is 2.28 bits per heavy atom. The van der Waals surface area contributed by atoms with Crippen LogP contribution in [-0.4, -0.2) is 29.8 Å². The van der Waals surface area contributed by atoms with Crippen LogP contribution in [0.1, 0.15) is 58.6 Å². The van der Waals surface area contributed by atoms with E-state index in [1.54, 1.807) is 33.8 Å². The van der Waals surface area contributed by atoms with E-state index in [-0.39, 0.29) is 11.7 Å². The summed E-state index contributed by atoms with van der Waals surface area (Å²) in [6, 6.07) is 3.70. The van der Waals surface area contributed by atoms with Crippen molar-refractivity contribution >= 4 is 12.1 Å². The van der Waals surface area contributed by atoms with Gasteiger partial charge in [0.2, 0.25) is 0 Å². The molecule has 0 unspecified atom stereocenters. The number of hydrogen-bond donors (Lipinski definition) is 1. The Morgan fingerprint density at radius 1 is 1.16 bits per heavy atom. The highest BCUT2D eigenvalue weighted by atomic mass is 19.1. The molecular weight excluding hydrogens is 325 g/mol. The van der Waals surface area contributed by atoms with E-state index in [9.17, 15) is 14.0 Å². The molecule has 3 atom stereocenters. The van der Waals surface area contributed by atoms with Gasteiger partial charge in [0.15, 0.2) is 0 Å². The number of rotatable bonds is 5. The molecule has 1 rings (SSSR count). The number of carbonyl (C=O) groups is 2. The maximum Gasteiger partial charge on any atom is 0.408 e. The number of alkyl carbamates (subject to hydrolysis) is 1. The molecule has 1 N–H and O–H groups in total. The minimum atomic E-state index is -0.834. The summed E-state index contributed by atoms with van der Waals surface area (Å²) < 4.78 is 23.8. The molecule has 1 aromatic carbocycles. The smallest absolute Gasteiger partial charge is 0.408 e. The van der Waals surface area contributed by atoms with Crippen LogP contribution in [0.4, 0.5) is 9.18 Å². The zero-order valence-corrected chi connectivity index (χ0v) is 16.0. The minimum absolute atomic E-state index is 0.113. The molecule has 0 heterocycles. The van der Waals surface area contributed by atoms with E-state index in [0.29, 0.717) is 0 Å². The van der Waals surface area contributed by atoms with Gasteiger partial charge >= 0.3 is 12.1 Å². The minimum Gasteiger partial charge on any atom is -0.461 e. The van der Waals surface area contributed by atoms with E-state index in [4.69, 9.17) is 9.47 Å². The Balaban J connectivity index is 2.64. The predicted molar refractivity (Wildman–Crippen MR) is 93.9 cm³/mol. The van der Waals surface area contributed by atoms with E-state index in [1.165, 1.54) is 19.1 Å². The van der Waals surface area contributed by atoms with Crippen molar-refractivity contribution in [3.63, 3.8) is 0 Å². The first-order valence-corrected chi connectivity index (χ1v) is 8.36. The van der Waals surface area contributed by atoms with Gasteiger partial charge in [-0.25, -0.2) is 14.0 Å². The first kappa shape index (κ1) is 20.9. The normalized spacial score (nSPS) is 15.0. The van der Waals surface area contributed by atoms with Gasteiger partial charge in [-0.2, -0.15) is 0 Å². The number of ether oxygens (including phenoxy) is 2. The summed E-state index contributed by atoms with van der Waals surface area (Å²) >= 11 is 0. The lowest BCUT2D eigenvalue weighted by Gasteiger charge is -2.25. The molecule has 0 aliphatic carbocycles. The van der Waals surface area contributed by atoms with Gasteiger partial charge < -0.3 is 14.8 Å². The van der Waals surface area contributed by atoms with Crippen molar-refractivity contribution in [2.45, 2.75) is 72.1 Å². The third kappa shape index (κ3) is 6.72. The lowest BCUT2D eigenvalue weighted by atomic mass is 9.92. The van der Waals surface area contributed by atoms with Gasteiger partial charge in [-0.1, -0.05) is 13.0 Å². The largest absolute Gasteiger partial charge is 0.461 e. The summed E-state index contributed by atoms with van der Waals surface area (Å²) in [6.07, 6.45) is -1.11. The number of amides is 1. The molecule has 0 aliphatic heterocycles. The van der Waals surface area contributed by atoms with Gasteiger partial charge in [-0.3, -0.25) is 0 Å². The van der Waals surface area contributed by atoms with Crippen molar-refractivity contribution in [2.24, 2.45) is 0 Å². The highest BCUT2D eigenvalue weighted by molar-refractivity contribution is 5.81. The molecule has 0 saturated carbocycles. The second-order valence-corrected chi connectivity index (χ2v) is 7.30. The Hall–Kier alpha value is -2.11. The summed E-state index contributed by atoms with van der Waals surface area (Å²) in [5.74, 6) is -0.962. The Labute approximate surface area is 148 Å². The maximum absolute atomic E-state index is 13.2. The van der Waals surface area contributed by atoms with Crippen molar-refractivity contribution in [2.75, 3.05) is 0 Å². The topological polar surface area (TPSA) is 64.6 Å². The van der Waals surface area contributed by atoms with Crippen molar-refractivity contribution in [3.05, 3.63) is 35.1 Å². The van der Waals surface area contributed by atoms with Crippen molar-refractivity contribution in [1.82, 2.24) is 5.32 Å². The quantitative estimate of drug-likeness (QED) is 0.810. The number of halogens is 1. The number of benzene rings is 1. The molecule has 6 heteroatoms. The molecule has 1 amide bonds. The first-order valence-electron chi connectivity index (χ1n) is 8.36. The van der Waals surface area contributed by atoms with Crippen LogP contribution in [0.2, 0.25) is 0 Å². The molecule has 140 valence electrons. The van der Waals surface area contributed by atoms with Crippen LogP contribution in [0, 0.1) is 12.7 Å². The van der Waals surface area contributed by atoms with Crippen molar-refractivity contribution < 1.29 is 23.5 Å². The van der Waals surface area contributed by atoms with Gasteiger partial charge in [-0.05, 0) is 64.8 Å². The number of nitrogens with one attached hydrogen (secondary N) is 1. The van der Waals surface area contributed by atoms with E-state index in [2.05, 4.69) is 5.32 Å². The Morgan fingerprint density at radius 2 is 1.76 bits per heavy atom. The monoisotopic (exact) mass is 353 g/mol. The van der Waals surface area contributed by atoms with Gasteiger partial charge in [0.1, 0.15) is 23.6 Å². The highest BCUT2D eigenvalue weighted by Gasteiger charge is 2.25. The molecule has 0 saturated heterocycles. The maximum atomic E-state index is 13.2. The van der Waals surface area contributed by atoms with Crippen LogP contribution in [0.5, 0.6) is 0 Å². The molecule has 0 radical (unpaired) electrons. The van der Waals surface area contributed by atoms with E-state index < -0.39 is 29.8 Å². The van der Waals surface area contributed by atoms with Crippen LogP contribution in [0.15, 0.2) is 18.2 Å². The average Bonchev–Trinajstić information content (AvgIpc) is 2.44. The number of esters is 1. The fourth-order valence-corrected chi connectivity index (χ4v) is 2.33. The average molecular weight is 353 g/mol. The standard InChI is InChI=1S/C19H28FNO4/c1-11-10-15(20)8-9-16(11)12(2)14(4)24-17(22)13(3)21-18(23)25-19(5,6)7/h8-10,12-14H,1-7H3,(H,21,23)/t12-,13+,14-/m1/s1. The van der Waals surface area contributed by atoms with Gasteiger partial charge in [0, 0.05) is 5.92 Å². The molecule has 0 bridgehead atoms. The number of carbonyl (C=O) groups excluding carboxylic acids is 2. The third-order valence-corrected chi connectivity index (χ3v) is 3.82. The molecule has 1 aromatic rings. The summed E-state index contributed by atoms with van der Waals surface area (Å²) in [7, 11) is 0. The van der Waals surface area contributed by atoms with Crippen LogP contribution in [0.3, 0.4) is 0 Å². The molecule has 25 heavy (non-hydrogen) atoms. The molecule has 0 spiro atoms. The first-order chi connectivity index (χ1) is 11.4. The SMILES string of the molecule is Cc1cc(F)ccc1[C@H](C)[C@@H](C)OC(=O)[C@H](C)NC(=O)OC(C)(C)C. The van der Waals surface area contributed by atoms with Crippen LogP contribution >= 0.6 is 0 Å². The van der Waals surface area contributed by atoms with Gasteiger partial charge in [0.05, 0.1) is 0 Å². The molecular formula is C19H28FNO4. The van der Waals surface area contributed by atoms with Crippen LogP contribution in [-0.2, 0) is 14.3 Å².